The van der Waals surface area contributed by atoms with E-state index in [-0.39, 0.29) is 11.7 Å². The van der Waals surface area contributed by atoms with Crippen molar-refractivity contribution >= 4 is 11.5 Å². The molecule has 0 saturated carbocycles. The lowest BCUT2D eigenvalue weighted by Gasteiger charge is -2.17. The number of amidine groups is 1. The summed E-state index contributed by atoms with van der Waals surface area (Å²) in [6.07, 6.45) is 0. The monoisotopic (exact) mass is 181 g/mol. The molecular weight excluding hydrogens is 169 g/mol. The summed E-state index contributed by atoms with van der Waals surface area (Å²) in [7, 11) is 1.80. The highest BCUT2D eigenvalue weighted by molar-refractivity contribution is 5.82. The largest absolute Gasteiger partial charge is 0.386 e. The summed E-state index contributed by atoms with van der Waals surface area (Å²) in [5, 5.41) is 7.08. The molecule has 1 aromatic rings. The van der Waals surface area contributed by atoms with Crippen LogP contribution in [0.4, 0.5) is 10.1 Å². The molecule has 0 spiro atoms. The van der Waals surface area contributed by atoms with E-state index in [9.17, 15) is 4.39 Å². The molecule has 0 radical (unpaired) electrons. The summed E-state index contributed by atoms with van der Waals surface area (Å²) in [5.74, 6) is -0.174. The fourth-order valence-electron chi connectivity index (χ4n) is 1.04. The number of likely N-dealkylation sites (N-methyl/N-ethyl adjacent to an activating group) is 1. The zero-order valence-corrected chi connectivity index (χ0v) is 7.42. The molecule has 3 nitrogen and oxygen atoms in total. The van der Waals surface area contributed by atoms with Gasteiger partial charge in [0.25, 0.3) is 0 Å². The second-order valence-electron chi connectivity index (χ2n) is 2.86. The van der Waals surface area contributed by atoms with Crippen LogP contribution >= 0.6 is 0 Å². The number of nitrogens with two attached hydrogens (primary N) is 1. The van der Waals surface area contributed by atoms with Gasteiger partial charge in [-0.2, -0.15) is 0 Å². The fraction of sp³-hybridized carbons (Fsp3) is 0.222. The van der Waals surface area contributed by atoms with E-state index in [1.165, 1.54) is 12.1 Å². The highest BCUT2D eigenvalue weighted by Crippen LogP contribution is 2.12. The lowest BCUT2D eigenvalue weighted by atomic mass is 10.3. The molecule has 0 amide bonds. The predicted molar refractivity (Wildman–Crippen MR) is 51.6 cm³/mol. The number of benzene rings is 1. The van der Waals surface area contributed by atoms with Crippen LogP contribution in [0.5, 0.6) is 0 Å². The van der Waals surface area contributed by atoms with Crippen LogP contribution in [0, 0.1) is 11.2 Å². The maximum Gasteiger partial charge on any atom is 0.123 e. The van der Waals surface area contributed by atoms with E-state index in [1.807, 2.05) is 0 Å². The molecule has 0 aliphatic rings. The van der Waals surface area contributed by atoms with Gasteiger partial charge in [-0.15, -0.1) is 0 Å². The zero-order valence-electron chi connectivity index (χ0n) is 7.42. The van der Waals surface area contributed by atoms with Gasteiger partial charge in [0.15, 0.2) is 0 Å². The van der Waals surface area contributed by atoms with E-state index >= 15 is 0 Å². The number of nitrogens with one attached hydrogen (secondary N) is 1. The molecule has 0 saturated heterocycles. The van der Waals surface area contributed by atoms with Crippen molar-refractivity contribution in [1.82, 2.24) is 0 Å². The topological polar surface area (TPSA) is 53.1 Å². The maximum atomic E-state index is 12.5. The second-order valence-corrected chi connectivity index (χ2v) is 2.86. The molecule has 0 fully saturated rings. The first-order chi connectivity index (χ1) is 6.09. The predicted octanol–water partition coefficient (Wildman–Crippen LogP) is 1.20. The van der Waals surface area contributed by atoms with Gasteiger partial charge in [-0.05, 0) is 24.3 Å². The van der Waals surface area contributed by atoms with Crippen LogP contribution in [-0.4, -0.2) is 19.4 Å². The van der Waals surface area contributed by atoms with Crippen molar-refractivity contribution in [1.29, 1.82) is 5.41 Å². The number of nitrogens with zero attached hydrogens (tertiary/aromatic N) is 1. The van der Waals surface area contributed by atoms with Gasteiger partial charge in [0.05, 0.1) is 6.54 Å². The average Bonchev–Trinajstić information content (AvgIpc) is 2.04. The van der Waals surface area contributed by atoms with Gasteiger partial charge >= 0.3 is 0 Å². The Morgan fingerprint density at radius 3 is 2.46 bits per heavy atom. The van der Waals surface area contributed by atoms with Crippen molar-refractivity contribution in [2.75, 3.05) is 18.5 Å². The summed E-state index contributed by atoms with van der Waals surface area (Å²) in [4.78, 5) is 1.78. The Hall–Kier alpha value is -1.58. The maximum absolute atomic E-state index is 12.5. The van der Waals surface area contributed by atoms with Crippen LogP contribution in [-0.2, 0) is 0 Å². The van der Waals surface area contributed by atoms with Crippen LogP contribution < -0.4 is 10.6 Å². The van der Waals surface area contributed by atoms with Gasteiger partial charge in [-0.25, -0.2) is 4.39 Å². The van der Waals surface area contributed by atoms with E-state index in [0.29, 0.717) is 6.54 Å². The minimum atomic E-state index is -0.264. The first-order valence-electron chi connectivity index (χ1n) is 3.89. The van der Waals surface area contributed by atoms with E-state index in [4.69, 9.17) is 11.1 Å². The summed E-state index contributed by atoms with van der Waals surface area (Å²) < 4.78 is 12.5. The fourth-order valence-corrected chi connectivity index (χ4v) is 1.04. The summed E-state index contributed by atoms with van der Waals surface area (Å²) >= 11 is 0. The Balaban J connectivity index is 2.71. The molecule has 3 N–H and O–H groups in total. The van der Waals surface area contributed by atoms with Crippen molar-refractivity contribution < 1.29 is 4.39 Å². The van der Waals surface area contributed by atoms with Crippen molar-refractivity contribution in [2.45, 2.75) is 0 Å². The van der Waals surface area contributed by atoms with Gasteiger partial charge in [-0.1, -0.05) is 0 Å². The zero-order chi connectivity index (χ0) is 9.84. The summed E-state index contributed by atoms with van der Waals surface area (Å²) in [5.41, 5.74) is 6.07. The number of hydrogen-bond acceptors (Lipinski definition) is 2. The molecule has 0 heterocycles. The molecule has 4 heteroatoms. The standard InChI is InChI=1S/C9H12FN3/c1-13(6-9(11)12)8-4-2-7(10)3-5-8/h2-5H,6H2,1H3,(H3,11,12). The molecular formula is C9H12FN3. The first kappa shape index (κ1) is 9.51. The van der Waals surface area contributed by atoms with Gasteiger partial charge in [0.1, 0.15) is 11.7 Å². The Morgan fingerprint density at radius 2 is 2.00 bits per heavy atom. The third-order valence-corrected chi connectivity index (χ3v) is 1.67. The van der Waals surface area contributed by atoms with Gasteiger partial charge in [-0.3, -0.25) is 5.41 Å². The molecule has 13 heavy (non-hydrogen) atoms. The molecule has 0 aliphatic carbocycles. The number of rotatable bonds is 3. The van der Waals surface area contributed by atoms with E-state index in [0.717, 1.165) is 5.69 Å². The van der Waals surface area contributed by atoms with Crippen molar-refractivity contribution in [2.24, 2.45) is 5.73 Å². The van der Waals surface area contributed by atoms with Crippen LogP contribution in [0.15, 0.2) is 24.3 Å². The molecule has 0 unspecified atom stereocenters. The van der Waals surface area contributed by atoms with Crippen molar-refractivity contribution in [3.8, 4) is 0 Å². The van der Waals surface area contributed by atoms with Gasteiger partial charge in [0, 0.05) is 12.7 Å². The second kappa shape index (κ2) is 3.89. The van der Waals surface area contributed by atoms with Crippen molar-refractivity contribution in [3.63, 3.8) is 0 Å². The lowest BCUT2D eigenvalue weighted by Crippen LogP contribution is -2.29. The Bertz CT molecular complexity index is 294. The summed E-state index contributed by atoms with van der Waals surface area (Å²) in [6.45, 7) is 0.353. The minimum absolute atomic E-state index is 0.0897. The molecule has 0 aliphatic heterocycles. The van der Waals surface area contributed by atoms with Crippen molar-refractivity contribution in [3.05, 3.63) is 30.1 Å². The summed E-state index contributed by atoms with van der Waals surface area (Å²) in [6, 6.07) is 6.06. The average molecular weight is 181 g/mol. The smallest absolute Gasteiger partial charge is 0.123 e. The highest BCUT2D eigenvalue weighted by Gasteiger charge is 2.01. The van der Waals surface area contributed by atoms with Gasteiger partial charge < -0.3 is 10.6 Å². The van der Waals surface area contributed by atoms with Gasteiger partial charge in [0.2, 0.25) is 0 Å². The Labute approximate surface area is 76.5 Å². The molecule has 1 aromatic carbocycles. The van der Waals surface area contributed by atoms with Crippen LogP contribution in [0.3, 0.4) is 0 Å². The number of halogens is 1. The third-order valence-electron chi connectivity index (χ3n) is 1.67. The van der Waals surface area contributed by atoms with E-state index in [1.54, 1.807) is 24.1 Å². The number of anilines is 1. The molecule has 1 rings (SSSR count). The normalized spacial score (nSPS) is 9.69. The van der Waals surface area contributed by atoms with Crippen LogP contribution in [0.2, 0.25) is 0 Å². The Kier molecular flexibility index (Phi) is 2.84. The van der Waals surface area contributed by atoms with Crippen LogP contribution in [0.1, 0.15) is 0 Å². The first-order valence-corrected chi connectivity index (χ1v) is 3.89. The third kappa shape index (κ3) is 2.74. The molecule has 70 valence electrons. The number of hydrogen-bond donors (Lipinski definition) is 2. The SMILES string of the molecule is CN(CC(=N)N)c1ccc(F)cc1. The molecule has 0 atom stereocenters. The van der Waals surface area contributed by atoms with E-state index < -0.39 is 0 Å². The highest BCUT2D eigenvalue weighted by atomic mass is 19.1. The lowest BCUT2D eigenvalue weighted by molar-refractivity contribution is 0.628. The minimum Gasteiger partial charge on any atom is -0.386 e. The molecule has 0 bridgehead atoms. The quantitative estimate of drug-likeness (QED) is 0.543. The van der Waals surface area contributed by atoms with Crippen LogP contribution in [0.25, 0.3) is 0 Å². The van der Waals surface area contributed by atoms with E-state index in [2.05, 4.69) is 0 Å². The Morgan fingerprint density at radius 1 is 1.46 bits per heavy atom. The molecule has 0 aromatic heterocycles.